The number of anilines is 1. The Labute approximate surface area is 256 Å². The van der Waals surface area contributed by atoms with Crippen molar-refractivity contribution in [1.82, 2.24) is 10.2 Å². The molecule has 3 aromatic rings. The molecular weight excluding hydrogens is 609 g/mol. The van der Waals surface area contributed by atoms with Crippen molar-refractivity contribution in [3.8, 4) is 5.75 Å². The van der Waals surface area contributed by atoms with E-state index in [1.54, 1.807) is 25.1 Å². The van der Waals surface area contributed by atoms with Gasteiger partial charge in [-0.15, -0.1) is 0 Å². The first-order valence-electron chi connectivity index (χ1n) is 12.8. The fourth-order valence-corrected chi connectivity index (χ4v) is 6.15. The molecule has 0 unspecified atom stereocenters. The van der Waals surface area contributed by atoms with Gasteiger partial charge in [0.25, 0.3) is 10.0 Å². The summed E-state index contributed by atoms with van der Waals surface area (Å²) in [6, 6.07) is 15.7. The second-order valence-corrected chi connectivity index (χ2v) is 12.7. The molecule has 2 amide bonds. The number of hydrogen-bond acceptors (Lipinski definition) is 5. The molecule has 0 radical (unpaired) electrons. The minimum absolute atomic E-state index is 0.0436. The number of carbonyl (C=O) groups excluding carboxylic acids is 2. The Morgan fingerprint density at radius 2 is 1.54 bits per heavy atom. The van der Waals surface area contributed by atoms with Crippen LogP contribution in [0.5, 0.6) is 5.75 Å². The number of benzene rings is 3. The molecule has 0 saturated heterocycles. The van der Waals surface area contributed by atoms with Gasteiger partial charge < -0.3 is 15.0 Å². The summed E-state index contributed by atoms with van der Waals surface area (Å²) in [4.78, 5) is 28.6. The van der Waals surface area contributed by atoms with E-state index in [4.69, 9.17) is 39.5 Å². The maximum Gasteiger partial charge on any atom is 0.264 e. The molecule has 3 aromatic carbocycles. The van der Waals surface area contributed by atoms with Crippen LogP contribution in [0.2, 0.25) is 15.1 Å². The third-order valence-electron chi connectivity index (χ3n) is 6.21. The highest BCUT2D eigenvalue weighted by atomic mass is 35.5. The van der Waals surface area contributed by atoms with Gasteiger partial charge in [-0.2, -0.15) is 0 Å². The second kappa shape index (κ2) is 14.3. The Kier molecular flexibility index (Phi) is 11.3. The first kappa shape index (κ1) is 32.5. The van der Waals surface area contributed by atoms with Crippen molar-refractivity contribution in [3.05, 3.63) is 87.4 Å². The zero-order valence-corrected chi connectivity index (χ0v) is 26.2. The number of halogens is 3. The summed E-state index contributed by atoms with van der Waals surface area (Å²) in [6.45, 7) is 4.77. The normalized spacial score (nSPS) is 12.1. The van der Waals surface area contributed by atoms with Crippen LogP contribution in [0.4, 0.5) is 5.69 Å². The number of sulfonamides is 1. The summed E-state index contributed by atoms with van der Waals surface area (Å²) in [5, 5.41) is 3.98. The molecule has 0 aliphatic rings. The lowest BCUT2D eigenvalue weighted by molar-refractivity contribution is -0.140. The third kappa shape index (κ3) is 8.29. The number of amides is 2. The lowest BCUT2D eigenvalue weighted by atomic mass is 10.1. The van der Waals surface area contributed by atoms with Crippen molar-refractivity contribution in [1.29, 1.82) is 0 Å². The topological polar surface area (TPSA) is 96.0 Å². The summed E-state index contributed by atoms with van der Waals surface area (Å²) in [7, 11) is -2.76. The van der Waals surface area contributed by atoms with Gasteiger partial charge in [-0.1, -0.05) is 47.8 Å². The molecule has 12 heteroatoms. The van der Waals surface area contributed by atoms with Gasteiger partial charge in [0.2, 0.25) is 11.8 Å². The summed E-state index contributed by atoms with van der Waals surface area (Å²) in [6.07, 6.45) is 0.279. The van der Waals surface area contributed by atoms with Crippen LogP contribution in [-0.2, 0) is 26.2 Å². The number of nitrogens with zero attached hydrogens (tertiary/aromatic N) is 2. The predicted molar refractivity (Wildman–Crippen MR) is 163 cm³/mol. The fourth-order valence-electron chi connectivity index (χ4n) is 4.14. The van der Waals surface area contributed by atoms with Crippen molar-refractivity contribution >= 4 is 62.3 Å². The van der Waals surface area contributed by atoms with E-state index in [1.807, 2.05) is 13.8 Å². The third-order valence-corrected chi connectivity index (χ3v) is 8.84. The van der Waals surface area contributed by atoms with E-state index in [1.165, 1.54) is 60.5 Å². The molecule has 0 fully saturated rings. The quantitative estimate of drug-likeness (QED) is 0.255. The molecule has 1 atom stereocenters. The molecule has 0 heterocycles. The van der Waals surface area contributed by atoms with Crippen LogP contribution in [0.15, 0.2) is 71.6 Å². The largest absolute Gasteiger partial charge is 0.497 e. The highest BCUT2D eigenvalue weighted by Gasteiger charge is 2.34. The summed E-state index contributed by atoms with van der Waals surface area (Å²) < 4.78 is 34.0. The molecule has 1 N–H and O–H groups in total. The maximum atomic E-state index is 14.1. The van der Waals surface area contributed by atoms with Crippen LogP contribution < -0.4 is 14.4 Å². The Bertz CT molecular complexity index is 1470. The van der Waals surface area contributed by atoms with Crippen LogP contribution in [-0.4, -0.2) is 50.9 Å². The lowest BCUT2D eigenvalue weighted by Gasteiger charge is -2.33. The van der Waals surface area contributed by atoms with E-state index >= 15 is 0 Å². The molecule has 41 heavy (non-hydrogen) atoms. The van der Waals surface area contributed by atoms with Crippen molar-refractivity contribution < 1.29 is 22.7 Å². The van der Waals surface area contributed by atoms with Gasteiger partial charge in [-0.3, -0.25) is 13.9 Å². The van der Waals surface area contributed by atoms with Crippen LogP contribution in [0.3, 0.4) is 0 Å². The van der Waals surface area contributed by atoms with Gasteiger partial charge in [-0.25, -0.2) is 8.42 Å². The zero-order valence-electron chi connectivity index (χ0n) is 23.1. The first-order chi connectivity index (χ1) is 19.4. The van der Waals surface area contributed by atoms with Crippen LogP contribution >= 0.6 is 34.8 Å². The summed E-state index contributed by atoms with van der Waals surface area (Å²) in [5.74, 6) is -0.489. The van der Waals surface area contributed by atoms with Gasteiger partial charge in [-0.05, 0) is 86.5 Å². The Balaban J connectivity index is 2.08. The SMILES string of the molecule is CC[C@H](C(=O)NC(C)C)N(Cc1ccc(Cl)cc1Cl)C(=O)CN(c1ccc(Cl)cc1)S(=O)(=O)c1ccc(OC)cc1. The van der Waals surface area contributed by atoms with E-state index in [-0.39, 0.29) is 35.5 Å². The minimum atomic E-state index is -4.24. The minimum Gasteiger partial charge on any atom is -0.497 e. The van der Waals surface area contributed by atoms with Crippen molar-refractivity contribution in [3.63, 3.8) is 0 Å². The Morgan fingerprint density at radius 3 is 2.07 bits per heavy atom. The number of rotatable bonds is 12. The molecule has 0 bridgehead atoms. The van der Waals surface area contributed by atoms with Crippen molar-refractivity contribution in [2.75, 3.05) is 18.0 Å². The Hall–Kier alpha value is -2.98. The zero-order chi connectivity index (χ0) is 30.3. The van der Waals surface area contributed by atoms with E-state index in [2.05, 4.69) is 5.32 Å². The molecule has 0 aliphatic carbocycles. The number of ether oxygens (including phenoxy) is 1. The van der Waals surface area contributed by atoms with Gasteiger partial charge >= 0.3 is 0 Å². The number of methoxy groups -OCH3 is 1. The predicted octanol–water partition coefficient (Wildman–Crippen LogP) is 6.18. The molecule has 0 aliphatic heterocycles. The monoisotopic (exact) mass is 639 g/mol. The molecule has 0 aromatic heterocycles. The van der Waals surface area contributed by atoms with E-state index in [0.717, 1.165) is 4.31 Å². The number of nitrogens with one attached hydrogen (secondary N) is 1. The van der Waals surface area contributed by atoms with Crippen LogP contribution in [0, 0.1) is 0 Å². The molecule has 220 valence electrons. The van der Waals surface area contributed by atoms with Crippen LogP contribution in [0.1, 0.15) is 32.8 Å². The van der Waals surface area contributed by atoms with Gasteiger partial charge in [0.15, 0.2) is 0 Å². The molecule has 0 spiro atoms. The molecule has 0 saturated carbocycles. The van der Waals surface area contributed by atoms with Gasteiger partial charge in [0.05, 0.1) is 17.7 Å². The molecule has 3 rings (SSSR count). The fraction of sp³-hybridized carbons (Fsp3) is 0.310. The average molecular weight is 641 g/mol. The van der Waals surface area contributed by atoms with Gasteiger partial charge in [0, 0.05) is 27.7 Å². The molecular formula is C29H32Cl3N3O5S. The highest BCUT2D eigenvalue weighted by Crippen LogP contribution is 2.28. The summed E-state index contributed by atoms with van der Waals surface area (Å²) in [5.41, 5.74) is 0.777. The van der Waals surface area contributed by atoms with Gasteiger partial charge in [0.1, 0.15) is 18.3 Å². The second-order valence-electron chi connectivity index (χ2n) is 9.51. The first-order valence-corrected chi connectivity index (χ1v) is 15.4. The maximum absolute atomic E-state index is 14.1. The van der Waals surface area contributed by atoms with Crippen LogP contribution in [0.25, 0.3) is 0 Å². The standard InChI is InChI=1S/C29H32Cl3N3O5S/c1-5-27(29(37)33-19(2)3)34(17-20-6-7-22(31)16-26(20)32)28(36)18-35(23-10-8-21(30)9-11-23)41(38,39)25-14-12-24(40-4)13-15-25/h6-16,19,27H,5,17-18H2,1-4H3,(H,33,37)/t27-/m1/s1. The van der Waals surface area contributed by atoms with Crippen molar-refractivity contribution in [2.45, 2.75) is 50.7 Å². The average Bonchev–Trinajstić information content (AvgIpc) is 2.92. The highest BCUT2D eigenvalue weighted by molar-refractivity contribution is 7.92. The number of hydrogen-bond donors (Lipinski definition) is 1. The Morgan fingerprint density at radius 1 is 0.927 bits per heavy atom. The lowest BCUT2D eigenvalue weighted by Crippen LogP contribution is -2.53. The molecule has 8 nitrogen and oxygen atoms in total. The summed E-state index contributed by atoms with van der Waals surface area (Å²) >= 11 is 18.6. The van der Waals surface area contributed by atoms with E-state index < -0.39 is 28.5 Å². The van der Waals surface area contributed by atoms with E-state index in [9.17, 15) is 18.0 Å². The number of carbonyl (C=O) groups is 2. The smallest absolute Gasteiger partial charge is 0.264 e. The van der Waals surface area contributed by atoms with Crippen molar-refractivity contribution in [2.24, 2.45) is 0 Å². The van der Waals surface area contributed by atoms with E-state index in [0.29, 0.717) is 26.4 Å².